The lowest BCUT2D eigenvalue weighted by molar-refractivity contribution is -0.140. The van der Waals surface area contributed by atoms with Gasteiger partial charge in [-0.1, -0.05) is 96.9 Å². The zero-order chi connectivity index (χ0) is 32.6. The number of hydrogen-bond donors (Lipinski definition) is 1. The Balaban J connectivity index is 1.81. The summed E-state index contributed by atoms with van der Waals surface area (Å²) in [7, 11) is -4.31. The fraction of sp³-hybridized carbons (Fsp3) is 0.257. The van der Waals surface area contributed by atoms with Crippen LogP contribution in [0.3, 0.4) is 0 Å². The molecule has 10 heteroatoms. The van der Waals surface area contributed by atoms with Crippen molar-refractivity contribution in [2.45, 2.75) is 57.1 Å². The number of aryl methyl sites for hydroxylation is 1. The fourth-order valence-corrected chi connectivity index (χ4v) is 6.38. The van der Waals surface area contributed by atoms with Gasteiger partial charge in [0.1, 0.15) is 18.4 Å². The van der Waals surface area contributed by atoms with Crippen LogP contribution in [0.5, 0.6) is 0 Å². The van der Waals surface area contributed by atoms with Crippen LogP contribution in [0.2, 0.25) is 5.02 Å². The third kappa shape index (κ3) is 8.71. The number of anilines is 1. The van der Waals surface area contributed by atoms with Gasteiger partial charge in [0.2, 0.25) is 11.8 Å². The van der Waals surface area contributed by atoms with Crippen molar-refractivity contribution in [2.75, 3.05) is 10.8 Å². The summed E-state index contributed by atoms with van der Waals surface area (Å²) in [6.45, 7) is 5.17. The Morgan fingerprint density at radius 2 is 1.51 bits per heavy atom. The Kier molecular flexibility index (Phi) is 11.4. The van der Waals surface area contributed by atoms with Crippen molar-refractivity contribution in [1.29, 1.82) is 0 Å². The first-order chi connectivity index (χ1) is 21.5. The Hall–Kier alpha value is -4.21. The molecule has 0 aliphatic rings. The molecule has 0 heterocycles. The summed E-state index contributed by atoms with van der Waals surface area (Å²) in [6, 6.07) is 26.9. The summed E-state index contributed by atoms with van der Waals surface area (Å²) < 4.78 is 43.1. The number of nitrogens with zero attached hydrogens (tertiary/aromatic N) is 2. The van der Waals surface area contributed by atoms with Crippen LogP contribution in [0.15, 0.2) is 108 Å². The second-order valence-electron chi connectivity index (χ2n) is 11.0. The minimum atomic E-state index is -4.31. The van der Waals surface area contributed by atoms with Gasteiger partial charge in [-0.2, -0.15) is 0 Å². The quantitative estimate of drug-likeness (QED) is 0.178. The molecule has 1 N–H and O–H groups in total. The lowest BCUT2D eigenvalue weighted by Crippen LogP contribution is -2.54. The van der Waals surface area contributed by atoms with Crippen LogP contribution in [0.25, 0.3) is 0 Å². The van der Waals surface area contributed by atoms with E-state index in [1.165, 1.54) is 29.2 Å². The van der Waals surface area contributed by atoms with E-state index in [1.54, 1.807) is 18.2 Å². The predicted octanol–water partition coefficient (Wildman–Crippen LogP) is 6.54. The minimum absolute atomic E-state index is 0.0116. The molecule has 236 valence electrons. The number of sulfonamides is 1. The number of hydrogen-bond acceptors (Lipinski definition) is 4. The fourth-order valence-electron chi connectivity index (χ4n) is 4.77. The molecule has 0 aliphatic carbocycles. The normalized spacial score (nSPS) is 12.6. The summed E-state index contributed by atoms with van der Waals surface area (Å²) in [4.78, 5) is 29.7. The SMILES string of the molecule is CCC(C)NC(=O)C(Cc1ccccc1)N(Cc1ccc(C)cc1)C(=O)CN(c1ccc(F)c(Cl)c1)S(=O)(=O)c1ccccc1. The molecule has 0 aliphatic heterocycles. The Morgan fingerprint density at radius 3 is 2.11 bits per heavy atom. The van der Waals surface area contributed by atoms with Gasteiger partial charge in [-0.3, -0.25) is 13.9 Å². The van der Waals surface area contributed by atoms with Gasteiger partial charge < -0.3 is 10.2 Å². The lowest BCUT2D eigenvalue weighted by atomic mass is 10.0. The van der Waals surface area contributed by atoms with E-state index in [4.69, 9.17) is 11.6 Å². The second kappa shape index (κ2) is 15.2. The van der Waals surface area contributed by atoms with Crippen LogP contribution >= 0.6 is 11.6 Å². The summed E-state index contributed by atoms with van der Waals surface area (Å²) in [5.74, 6) is -1.69. The molecule has 0 spiro atoms. The van der Waals surface area contributed by atoms with Gasteiger partial charge in [0.15, 0.2) is 0 Å². The highest BCUT2D eigenvalue weighted by molar-refractivity contribution is 7.92. The molecule has 2 amide bonds. The van der Waals surface area contributed by atoms with E-state index >= 15 is 0 Å². The molecule has 0 radical (unpaired) electrons. The number of halogens is 2. The smallest absolute Gasteiger partial charge is 0.264 e. The van der Waals surface area contributed by atoms with Gasteiger partial charge in [-0.25, -0.2) is 12.8 Å². The molecule has 4 aromatic rings. The molecule has 2 unspecified atom stereocenters. The first-order valence-electron chi connectivity index (χ1n) is 14.7. The number of amides is 2. The van der Waals surface area contributed by atoms with Crippen LogP contribution in [0.4, 0.5) is 10.1 Å². The summed E-state index contributed by atoms with van der Waals surface area (Å²) >= 11 is 6.07. The summed E-state index contributed by atoms with van der Waals surface area (Å²) in [6.07, 6.45) is 0.888. The monoisotopic (exact) mass is 649 g/mol. The van der Waals surface area contributed by atoms with Crippen LogP contribution in [0, 0.1) is 12.7 Å². The van der Waals surface area contributed by atoms with E-state index in [-0.39, 0.29) is 40.5 Å². The highest BCUT2D eigenvalue weighted by Gasteiger charge is 2.35. The van der Waals surface area contributed by atoms with Gasteiger partial charge in [-0.05, 0) is 61.7 Å². The maximum absolute atomic E-state index is 14.5. The first-order valence-corrected chi connectivity index (χ1v) is 16.5. The van der Waals surface area contributed by atoms with Crippen molar-refractivity contribution in [3.8, 4) is 0 Å². The Bertz CT molecular complexity index is 1700. The van der Waals surface area contributed by atoms with Gasteiger partial charge in [-0.15, -0.1) is 0 Å². The topological polar surface area (TPSA) is 86.8 Å². The molecule has 0 aromatic heterocycles. The van der Waals surface area contributed by atoms with Crippen molar-refractivity contribution in [3.05, 3.63) is 131 Å². The van der Waals surface area contributed by atoms with E-state index < -0.39 is 34.3 Å². The van der Waals surface area contributed by atoms with E-state index in [0.717, 1.165) is 27.1 Å². The molecule has 4 aromatic carbocycles. The van der Waals surface area contributed by atoms with Crippen LogP contribution in [-0.4, -0.2) is 43.8 Å². The molecule has 0 saturated heterocycles. The molecule has 0 fully saturated rings. The average molecular weight is 650 g/mol. The van der Waals surface area contributed by atoms with Gasteiger partial charge in [0, 0.05) is 19.0 Å². The molecule has 4 rings (SSSR count). The number of carbonyl (C=O) groups excluding carboxylic acids is 2. The van der Waals surface area contributed by atoms with Crippen molar-refractivity contribution in [1.82, 2.24) is 10.2 Å². The number of benzene rings is 4. The highest BCUT2D eigenvalue weighted by Crippen LogP contribution is 2.28. The van der Waals surface area contributed by atoms with E-state index in [1.807, 2.05) is 75.4 Å². The average Bonchev–Trinajstić information content (AvgIpc) is 3.04. The minimum Gasteiger partial charge on any atom is -0.352 e. The molecule has 0 bridgehead atoms. The number of nitrogens with one attached hydrogen (secondary N) is 1. The maximum Gasteiger partial charge on any atom is 0.264 e. The van der Waals surface area contributed by atoms with Gasteiger partial charge in [0.05, 0.1) is 15.6 Å². The predicted molar refractivity (Wildman–Crippen MR) is 176 cm³/mol. The second-order valence-corrected chi connectivity index (χ2v) is 13.2. The standard InChI is InChI=1S/C35H37ClFN3O4S/c1-4-26(3)38-35(42)33(21-27-11-7-5-8-12-27)39(23-28-17-15-25(2)16-18-28)34(41)24-40(29-19-20-32(37)31(36)22-29)45(43,44)30-13-9-6-10-14-30/h5-20,22,26,33H,4,21,23-24H2,1-3H3,(H,38,42). The van der Waals surface area contributed by atoms with Crippen molar-refractivity contribution >= 4 is 39.1 Å². The van der Waals surface area contributed by atoms with Crippen LogP contribution in [0.1, 0.15) is 37.0 Å². The summed E-state index contributed by atoms with van der Waals surface area (Å²) in [5, 5.41) is 2.72. The zero-order valence-electron chi connectivity index (χ0n) is 25.5. The molecular weight excluding hydrogens is 613 g/mol. The summed E-state index contributed by atoms with van der Waals surface area (Å²) in [5.41, 5.74) is 2.64. The van der Waals surface area contributed by atoms with Gasteiger partial charge in [0.25, 0.3) is 10.0 Å². The van der Waals surface area contributed by atoms with Crippen LogP contribution < -0.4 is 9.62 Å². The molecular formula is C35H37ClFN3O4S. The molecule has 45 heavy (non-hydrogen) atoms. The van der Waals surface area contributed by atoms with Crippen LogP contribution in [-0.2, 0) is 32.6 Å². The molecule has 7 nitrogen and oxygen atoms in total. The number of rotatable bonds is 13. The van der Waals surface area contributed by atoms with Crippen molar-refractivity contribution in [3.63, 3.8) is 0 Å². The maximum atomic E-state index is 14.5. The third-order valence-corrected chi connectivity index (χ3v) is 9.62. The molecule has 0 saturated carbocycles. The largest absolute Gasteiger partial charge is 0.352 e. The van der Waals surface area contributed by atoms with Crippen molar-refractivity contribution in [2.24, 2.45) is 0 Å². The highest BCUT2D eigenvalue weighted by atomic mass is 35.5. The lowest BCUT2D eigenvalue weighted by Gasteiger charge is -2.34. The van der Waals surface area contributed by atoms with Gasteiger partial charge >= 0.3 is 0 Å². The van der Waals surface area contributed by atoms with E-state index in [9.17, 15) is 22.4 Å². The Labute approximate surface area is 269 Å². The van der Waals surface area contributed by atoms with Crippen molar-refractivity contribution < 1.29 is 22.4 Å². The Morgan fingerprint density at radius 1 is 0.889 bits per heavy atom. The van der Waals surface area contributed by atoms with E-state index in [2.05, 4.69) is 5.32 Å². The third-order valence-electron chi connectivity index (χ3n) is 7.55. The number of carbonyl (C=O) groups is 2. The van der Waals surface area contributed by atoms with E-state index in [0.29, 0.717) is 6.42 Å². The zero-order valence-corrected chi connectivity index (χ0v) is 27.1. The first kappa shape index (κ1) is 33.7. The molecule has 2 atom stereocenters.